The molecule has 0 spiro atoms. The highest BCUT2D eigenvalue weighted by Crippen LogP contribution is 2.29. The van der Waals surface area contributed by atoms with Crippen molar-refractivity contribution in [2.45, 2.75) is 6.10 Å². The first-order chi connectivity index (χ1) is 6.43. The number of nitrogens with zero attached hydrogens (tertiary/aromatic N) is 1. The Balaban J connectivity index is 2.21. The summed E-state index contributed by atoms with van der Waals surface area (Å²) in [5.74, 6) is 0. The Bertz CT molecular complexity index is 449. The van der Waals surface area contributed by atoms with E-state index in [0.717, 1.165) is 12.3 Å². The minimum absolute atomic E-state index is 0.254. The van der Waals surface area contributed by atoms with E-state index in [1.54, 1.807) is 0 Å². The van der Waals surface area contributed by atoms with Crippen LogP contribution < -0.4 is 0 Å². The van der Waals surface area contributed by atoms with Gasteiger partial charge in [-0.1, -0.05) is 24.3 Å². The molecule has 1 saturated heterocycles. The Morgan fingerprint density at radius 1 is 1.23 bits per heavy atom. The van der Waals surface area contributed by atoms with E-state index in [2.05, 4.69) is 23.2 Å². The third kappa shape index (κ3) is 1.19. The number of hydrogen-bond acceptors (Lipinski definition) is 2. The lowest BCUT2D eigenvalue weighted by Gasteiger charge is -1.98. The molecule has 1 aromatic carbocycles. The van der Waals surface area contributed by atoms with E-state index in [1.165, 1.54) is 10.8 Å². The molecule has 1 aliphatic heterocycles. The van der Waals surface area contributed by atoms with Crippen LogP contribution in [0.2, 0.25) is 0 Å². The van der Waals surface area contributed by atoms with Crippen LogP contribution in [0.3, 0.4) is 0 Å². The van der Waals surface area contributed by atoms with Gasteiger partial charge in [0.2, 0.25) is 0 Å². The first-order valence-electron chi connectivity index (χ1n) is 4.40. The van der Waals surface area contributed by atoms with Crippen molar-refractivity contribution < 1.29 is 4.74 Å². The quantitative estimate of drug-likeness (QED) is 0.615. The van der Waals surface area contributed by atoms with Crippen LogP contribution in [0, 0.1) is 0 Å². The highest BCUT2D eigenvalue weighted by molar-refractivity contribution is 5.81. The van der Waals surface area contributed by atoms with Gasteiger partial charge in [0.05, 0.1) is 12.3 Å². The van der Waals surface area contributed by atoms with Gasteiger partial charge >= 0.3 is 0 Å². The molecule has 1 aromatic heterocycles. The summed E-state index contributed by atoms with van der Waals surface area (Å²) in [6.45, 7) is 0.825. The standard InChI is InChI=1S/C11H9NO/c1-2-4-9-6-12-10(11-7-13-11)5-8(9)3-1/h1-6,11H,7H2. The fourth-order valence-electron chi connectivity index (χ4n) is 1.50. The molecule has 1 unspecified atom stereocenters. The molecular weight excluding hydrogens is 162 g/mol. The zero-order valence-electron chi connectivity index (χ0n) is 7.10. The van der Waals surface area contributed by atoms with Gasteiger partial charge in [0.15, 0.2) is 0 Å². The molecular formula is C11H9NO. The topological polar surface area (TPSA) is 25.4 Å². The molecule has 2 heterocycles. The number of hydrogen-bond donors (Lipinski definition) is 0. The molecule has 13 heavy (non-hydrogen) atoms. The van der Waals surface area contributed by atoms with Gasteiger partial charge in [-0.05, 0) is 11.5 Å². The largest absolute Gasteiger partial charge is 0.366 e. The summed E-state index contributed by atoms with van der Waals surface area (Å²) in [7, 11) is 0. The molecule has 0 N–H and O–H groups in total. The zero-order chi connectivity index (χ0) is 8.67. The Hall–Kier alpha value is -1.41. The van der Waals surface area contributed by atoms with Crippen molar-refractivity contribution in [3.63, 3.8) is 0 Å². The van der Waals surface area contributed by atoms with Gasteiger partial charge in [-0.3, -0.25) is 4.98 Å². The SMILES string of the molecule is c1ccc2cc(C3CO3)ncc2c1. The van der Waals surface area contributed by atoms with E-state index in [4.69, 9.17) is 4.74 Å². The maximum absolute atomic E-state index is 5.18. The third-order valence-corrected chi connectivity index (χ3v) is 2.32. The Morgan fingerprint density at radius 3 is 2.77 bits per heavy atom. The van der Waals surface area contributed by atoms with Gasteiger partial charge in [-0.25, -0.2) is 0 Å². The highest BCUT2D eigenvalue weighted by atomic mass is 16.6. The van der Waals surface area contributed by atoms with E-state index in [-0.39, 0.29) is 6.10 Å². The van der Waals surface area contributed by atoms with Crippen molar-refractivity contribution in [1.82, 2.24) is 4.98 Å². The van der Waals surface area contributed by atoms with E-state index < -0.39 is 0 Å². The normalized spacial score (nSPS) is 20.5. The lowest BCUT2D eigenvalue weighted by atomic mass is 10.1. The third-order valence-electron chi connectivity index (χ3n) is 2.32. The summed E-state index contributed by atoms with van der Waals surface area (Å²) in [5, 5.41) is 2.43. The minimum Gasteiger partial charge on any atom is -0.366 e. The molecule has 2 aromatic rings. The molecule has 1 fully saturated rings. The summed E-state index contributed by atoms with van der Waals surface area (Å²) in [6.07, 6.45) is 2.16. The van der Waals surface area contributed by atoms with Crippen molar-refractivity contribution in [1.29, 1.82) is 0 Å². The Kier molecular flexibility index (Phi) is 1.37. The summed E-state index contributed by atoms with van der Waals surface area (Å²) < 4.78 is 5.18. The van der Waals surface area contributed by atoms with Crippen LogP contribution in [0.1, 0.15) is 11.8 Å². The number of aromatic nitrogens is 1. The molecule has 0 bridgehead atoms. The summed E-state index contributed by atoms with van der Waals surface area (Å²) >= 11 is 0. The second-order valence-electron chi connectivity index (χ2n) is 3.28. The van der Waals surface area contributed by atoms with Gasteiger partial charge in [0, 0.05) is 11.6 Å². The molecule has 0 saturated carbocycles. The van der Waals surface area contributed by atoms with Crippen molar-refractivity contribution in [3.05, 3.63) is 42.2 Å². The number of fused-ring (bicyclic) bond motifs is 1. The van der Waals surface area contributed by atoms with Crippen LogP contribution in [0.5, 0.6) is 0 Å². The lowest BCUT2D eigenvalue weighted by Crippen LogP contribution is -1.86. The van der Waals surface area contributed by atoms with Gasteiger partial charge in [-0.15, -0.1) is 0 Å². The van der Waals surface area contributed by atoms with Crippen LogP contribution in [0.15, 0.2) is 36.5 Å². The van der Waals surface area contributed by atoms with Crippen LogP contribution in [-0.2, 0) is 4.74 Å². The number of rotatable bonds is 1. The number of epoxide rings is 1. The van der Waals surface area contributed by atoms with E-state index >= 15 is 0 Å². The molecule has 0 radical (unpaired) electrons. The molecule has 0 aliphatic carbocycles. The Morgan fingerprint density at radius 2 is 2.00 bits per heavy atom. The fourth-order valence-corrected chi connectivity index (χ4v) is 1.50. The van der Waals surface area contributed by atoms with Gasteiger partial charge in [0.25, 0.3) is 0 Å². The maximum atomic E-state index is 5.18. The summed E-state index contributed by atoms with van der Waals surface area (Å²) in [4.78, 5) is 4.34. The van der Waals surface area contributed by atoms with Crippen LogP contribution in [0.4, 0.5) is 0 Å². The van der Waals surface area contributed by atoms with Gasteiger partial charge < -0.3 is 4.74 Å². The smallest absolute Gasteiger partial charge is 0.123 e. The van der Waals surface area contributed by atoms with Crippen LogP contribution >= 0.6 is 0 Å². The number of pyridine rings is 1. The summed E-state index contributed by atoms with van der Waals surface area (Å²) in [5.41, 5.74) is 1.05. The number of benzene rings is 1. The second kappa shape index (κ2) is 2.54. The predicted octanol–water partition coefficient (Wildman–Crippen LogP) is 2.31. The first-order valence-corrected chi connectivity index (χ1v) is 4.40. The predicted molar refractivity (Wildman–Crippen MR) is 50.4 cm³/mol. The van der Waals surface area contributed by atoms with Crippen LogP contribution in [-0.4, -0.2) is 11.6 Å². The summed E-state index contributed by atoms with van der Waals surface area (Å²) in [6, 6.07) is 10.3. The van der Waals surface area contributed by atoms with Gasteiger partial charge in [-0.2, -0.15) is 0 Å². The highest BCUT2D eigenvalue weighted by Gasteiger charge is 2.26. The van der Waals surface area contributed by atoms with Crippen molar-refractivity contribution in [3.8, 4) is 0 Å². The van der Waals surface area contributed by atoms with Gasteiger partial charge in [0.1, 0.15) is 6.10 Å². The lowest BCUT2D eigenvalue weighted by molar-refractivity contribution is 0.411. The molecule has 1 atom stereocenters. The molecule has 1 aliphatic rings. The van der Waals surface area contributed by atoms with E-state index in [0.29, 0.717) is 0 Å². The maximum Gasteiger partial charge on any atom is 0.123 e. The number of ether oxygens (including phenoxy) is 1. The van der Waals surface area contributed by atoms with E-state index in [1.807, 2.05) is 18.3 Å². The zero-order valence-corrected chi connectivity index (χ0v) is 7.10. The average Bonchev–Trinajstić information content (AvgIpc) is 3.00. The minimum atomic E-state index is 0.254. The molecule has 64 valence electrons. The molecule has 3 rings (SSSR count). The van der Waals surface area contributed by atoms with Crippen molar-refractivity contribution in [2.75, 3.05) is 6.61 Å². The van der Waals surface area contributed by atoms with Crippen LogP contribution in [0.25, 0.3) is 10.8 Å². The molecule has 0 amide bonds. The second-order valence-corrected chi connectivity index (χ2v) is 3.28. The Labute approximate surface area is 76.2 Å². The average molecular weight is 171 g/mol. The van der Waals surface area contributed by atoms with Crippen molar-refractivity contribution >= 4 is 10.8 Å². The fraction of sp³-hybridized carbons (Fsp3) is 0.182. The van der Waals surface area contributed by atoms with E-state index in [9.17, 15) is 0 Å². The monoisotopic (exact) mass is 171 g/mol. The molecule has 2 nitrogen and oxygen atoms in total. The molecule has 2 heteroatoms. The van der Waals surface area contributed by atoms with Crippen molar-refractivity contribution in [2.24, 2.45) is 0 Å². The first kappa shape index (κ1) is 7.04.